The van der Waals surface area contributed by atoms with Crippen molar-refractivity contribution in [1.82, 2.24) is 20.1 Å². The molecule has 2 aromatic rings. The molecule has 2 N–H and O–H groups in total. The van der Waals surface area contributed by atoms with Crippen molar-refractivity contribution in [2.75, 3.05) is 19.0 Å². The number of hydrogen-bond donors (Lipinski definition) is 2. The van der Waals surface area contributed by atoms with Crippen LogP contribution in [0.1, 0.15) is 18.0 Å². The second kappa shape index (κ2) is 5.83. The van der Waals surface area contributed by atoms with Gasteiger partial charge in [0.05, 0.1) is 12.1 Å². The van der Waals surface area contributed by atoms with Gasteiger partial charge in [-0.2, -0.15) is 5.10 Å². The van der Waals surface area contributed by atoms with E-state index in [1.807, 2.05) is 43.3 Å². The number of aromatic nitrogens is 3. The Morgan fingerprint density at radius 1 is 1.43 bits per heavy atom. The summed E-state index contributed by atoms with van der Waals surface area (Å²) in [6.45, 7) is 0.733. The molecule has 0 aromatic carbocycles. The molecule has 0 saturated heterocycles. The Kier molecular flexibility index (Phi) is 3.90. The zero-order valence-corrected chi connectivity index (χ0v) is 12.3. The molecule has 112 valence electrons. The second-order valence-corrected chi connectivity index (χ2v) is 5.67. The summed E-state index contributed by atoms with van der Waals surface area (Å²) in [6.07, 6.45) is 7.76. The summed E-state index contributed by atoms with van der Waals surface area (Å²) in [7, 11) is 4.05. The molecule has 0 amide bonds. The summed E-state index contributed by atoms with van der Waals surface area (Å²) in [5, 5.41) is 17.7. The van der Waals surface area contributed by atoms with Crippen LogP contribution in [0.3, 0.4) is 0 Å². The first kappa shape index (κ1) is 14.0. The fraction of sp³-hybridized carbons (Fsp3) is 0.467. The molecule has 0 unspecified atom stereocenters. The minimum Gasteiger partial charge on any atom is -0.391 e. The largest absolute Gasteiger partial charge is 0.391 e. The van der Waals surface area contributed by atoms with E-state index in [1.54, 1.807) is 12.4 Å². The molecular formula is C15H21N5O. The highest BCUT2D eigenvalue weighted by molar-refractivity contribution is 5.50. The van der Waals surface area contributed by atoms with Gasteiger partial charge in [-0.3, -0.25) is 9.67 Å². The van der Waals surface area contributed by atoms with E-state index in [4.69, 9.17) is 0 Å². The number of aliphatic hydroxyl groups is 1. The monoisotopic (exact) mass is 287 g/mol. The molecule has 6 nitrogen and oxygen atoms in total. The second-order valence-electron chi connectivity index (χ2n) is 5.67. The number of nitrogens with zero attached hydrogens (tertiary/aromatic N) is 4. The lowest BCUT2D eigenvalue weighted by atomic mass is 9.83. The van der Waals surface area contributed by atoms with Crippen LogP contribution in [0.4, 0.5) is 5.69 Å². The van der Waals surface area contributed by atoms with E-state index in [0.29, 0.717) is 0 Å². The molecule has 3 atom stereocenters. The Hall–Kier alpha value is -1.92. The third-order valence-electron chi connectivity index (χ3n) is 4.05. The van der Waals surface area contributed by atoms with Crippen LogP contribution in [0.15, 0.2) is 36.9 Å². The van der Waals surface area contributed by atoms with E-state index in [1.165, 1.54) is 0 Å². The molecule has 1 saturated carbocycles. The lowest BCUT2D eigenvalue weighted by Crippen LogP contribution is -2.54. The van der Waals surface area contributed by atoms with Crippen molar-refractivity contribution in [1.29, 1.82) is 0 Å². The van der Waals surface area contributed by atoms with Gasteiger partial charge in [0.2, 0.25) is 0 Å². The third kappa shape index (κ3) is 2.77. The van der Waals surface area contributed by atoms with Crippen LogP contribution in [-0.4, -0.2) is 46.1 Å². The van der Waals surface area contributed by atoms with Crippen molar-refractivity contribution in [3.8, 4) is 0 Å². The smallest absolute Gasteiger partial charge is 0.0932 e. The van der Waals surface area contributed by atoms with Gasteiger partial charge in [0, 0.05) is 62.7 Å². The van der Waals surface area contributed by atoms with Crippen LogP contribution >= 0.6 is 0 Å². The number of aliphatic hydroxyl groups excluding tert-OH is 1. The molecule has 0 spiro atoms. The summed E-state index contributed by atoms with van der Waals surface area (Å²) in [5.74, 6) is 0. The maximum absolute atomic E-state index is 9.97. The van der Waals surface area contributed by atoms with E-state index in [2.05, 4.69) is 20.3 Å². The van der Waals surface area contributed by atoms with Crippen molar-refractivity contribution in [3.63, 3.8) is 0 Å². The molecule has 0 radical (unpaired) electrons. The number of anilines is 1. The van der Waals surface area contributed by atoms with E-state index >= 15 is 0 Å². The highest BCUT2D eigenvalue weighted by Gasteiger charge is 2.41. The summed E-state index contributed by atoms with van der Waals surface area (Å²) >= 11 is 0. The summed E-state index contributed by atoms with van der Waals surface area (Å²) < 4.78 is 1.84. The van der Waals surface area contributed by atoms with Crippen molar-refractivity contribution < 1.29 is 5.11 Å². The number of nitrogens with one attached hydrogen (secondary N) is 1. The van der Waals surface area contributed by atoms with Crippen LogP contribution in [0.25, 0.3) is 0 Å². The zero-order chi connectivity index (χ0) is 14.8. The Bertz CT molecular complexity index is 584. The predicted octanol–water partition coefficient (Wildman–Crippen LogP) is 0.808. The van der Waals surface area contributed by atoms with Crippen LogP contribution < -0.4 is 10.2 Å². The van der Waals surface area contributed by atoms with Crippen molar-refractivity contribution in [2.24, 2.45) is 0 Å². The van der Waals surface area contributed by atoms with Crippen LogP contribution in [-0.2, 0) is 6.54 Å². The third-order valence-corrected chi connectivity index (χ3v) is 4.05. The van der Waals surface area contributed by atoms with E-state index in [-0.39, 0.29) is 18.2 Å². The van der Waals surface area contributed by atoms with Crippen LogP contribution in [0.2, 0.25) is 0 Å². The zero-order valence-electron chi connectivity index (χ0n) is 12.3. The summed E-state index contributed by atoms with van der Waals surface area (Å²) in [4.78, 5) is 6.28. The first-order chi connectivity index (χ1) is 10.2. The van der Waals surface area contributed by atoms with E-state index < -0.39 is 0 Å². The van der Waals surface area contributed by atoms with Gasteiger partial charge in [-0.05, 0) is 18.6 Å². The molecule has 0 bridgehead atoms. The quantitative estimate of drug-likeness (QED) is 0.852. The van der Waals surface area contributed by atoms with Gasteiger partial charge in [0.15, 0.2) is 0 Å². The number of rotatable bonds is 5. The topological polar surface area (TPSA) is 66.2 Å². The standard InChI is InChI=1S/C15H21N5O/c1-19(2)13-4-6-16-9-11(13)10-17-12-8-14(21)15(12)20-7-3-5-18-20/h3-7,9,12,14-15,17,21H,8,10H2,1-2H3/t12-,14+,15+/m0/s1. The lowest BCUT2D eigenvalue weighted by molar-refractivity contribution is -0.00821. The summed E-state index contributed by atoms with van der Waals surface area (Å²) in [5.41, 5.74) is 2.32. The molecule has 2 heterocycles. The maximum Gasteiger partial charge on any atom is 0.0932 e. The molecule has 1 aliphatic rings. The highest BCUT2D eigenvalue weighted by Crippen LogP contribution is 2.32. The van der Waals surface area contributed by atoms with Crippen molar-refractivity contribution in [3.05, 3.63) is 42.5 Å². The highest BCUT2D eigenvalue weighted by atomic mass is 16.3. The van der Waals surface area contributed by atoms with Crippen LogP contribution in [0.5, 0.6) is 0 Å². The van der Waals surface area contributed by atoms with Gasteiger partial charge in [0.1, 0.15) is 0 Å². The molecule has 3 rings (SSSR count). The molecule has 0 aliphatic heterocycles. The van der Waals surface area contributed by atoms with Gasteiger partial charge >= 0.3 is 0 Å². The number of pyridine rings is 1. The van der Waals surface area contributed by atoms with Crippen molar-refractivity contribution in [2.45, 2.75) is 31.2 Å². The predicted molar refractivity (Wildman–Crippen MR) is 81.1 cm³/mol. The molecule has 1 aliphatic carbocycles. The Labute approximate surface area is 124 Å². The Balaban J connectivity index is 1.66. The lowest BCUT2D eigenvalue weighted by Gasteiger charge is -2.42. The minimum atomic E-state index is -0.329. The summed E-state index contributed by atoms with van der Waals surface area (Å²) in [6, 6.07) is 4.14. The van der Waals surface area contributed by atoms with Gasteiger partial charge < -0.3 is 15.3 Å². The molecule has 21 heavy (non-hydrogen) atoms. The van der Waals surface area contributed by atoms with Gasteiger partial charge in [-0.15, -0.1) is 0 Å². The average Bonchev–Trinajstić information content (AvgIpc) is 2.96. The number of hydrogen-bond acceptors (Lipinski definition) is 5. The molecule has 1 fully saturated rings. The molecular weight excluding hydrogens is 266 g/mol. The van der Waals surface area contributed by atoms with Gasteiger partial charge in [0.25, 0.3) is 0 Å². The van der Waals surface area contributed by atoms with Gasteiger partial charge in [-0.25, -0.2) is 0 Å². The SMILES string of the molecule is CN(C)c1ccncc1CN[C@H]1C[C@@H](O)[C@@H]1n1cccn1. The fourth-order valence-corrected chi connectivity index (χ4v) is 2.87. The first-order valence-corrected chi connectivity index (χ1v) is 7.17. The molecule has 6 heteroatoms. The Morgan fingerprint density at radius 3 is 2.95 bits per heavy atom. The average molecular weight is 287 g/mol. The van der Waals surface area contributed by atoms with Crippen LogP contribution in [0, 0.1) is 0 Å². The van der Waals surface area contributed by atoms with Crippen molar-refractivity contribution >= 4 is 5.69 Å². The first-order valence-electron chi connectivity index (χ1n) is 7.17. The van der Waals surface area contributed by atoms with E-state index in [9.17, 15) is 5.11 Å². The normalized spacial score (nSPS) is 24.6. The Morgan fingerprint density at radius 2 is 2.29 bits per heavy atom. The minimum absolute atomic E-state index is 0.0134. The van der Waals surface area contributed by atoms with E-state index in [0.717, 1.165) is 24.2 Å². The van der Waals surface area contributed by atoms with Gasteiger partial charge in [-0.1, -0.05) is 0 Å². The maximum atomic E-state index is 9.97. The fourth-order valence-electron chi connectivity index (χ4n) is 2.87. The molecule has 2 aromatic heterocycles.